The standard InChI is InChI=1S/C11H19NO2/c1-12-7-9(11(13)14)6-10(12)8-4-2-3-5-8/h8-10H,2-7H2,1H3,(H,13,14). The third kappa shape index (κ3) is 1.78. The lowest BCUT2D eigenvalue weighted by atomic mass is 9.93. The zero-order chi connectivity index (χ0) is 10.1. The maximum atomic E-state index is 10.9. The van der Waals surface area contributed by atoms with Gasteiger partial charge >= 0.3 is 5.97 Å². The van der Waals surface area contributed by atoms with Gasteiger partial charge in [-0.25, -0.2) is 0 Å². The van der Waals surface area contributed by atoms with Crippen LogP contribution in [0.4, 0.5) is 0 Å². The molecule has 0 aromatic rings. The van der Waals surface area contributed by atoms with Gasteiger partial charge in [0.05, 0.1) is 5.92 Å². The van der Waals surface area contributed by atoms with Gasteiger partial charge in [0.15, 0.2) is 0 Å². The SMILES string of the molecule is CN1CC(C(=O)O)CC1C1CCCC1. The Labute approximate surface area is 85.1 Å². The Morgan fingerprint density at radius 3 is 2.50 bits per heavy atom. The van der Waals surface area contributed by atoms with E-state index >= 15 is 0 Å². The van der Waals surface area contributed by atoms with E-state index < -0.39 is 5.97 Å². The molecule has 0 amide bonds. The smallest absolute Gasteiger partial charge is 0.307 e. The molecule has 1 N–H and O–H groups in total. The lowest BCUT2D eigenvalue weighted by Gasteiger charge is -2.25. The second kappa shape index (κ2) is 3.89. The molecular formula is C11H19NO2. The van der Waals surface area contributed by atoms with Gasteiger partial charge < -0.3 is 10.0 Å². The monoisotopic (exact) mass is 197 g/mol. The average molecular weight is 197 g/mol. The summed E-state index contributed by atoms with van der Waals surface area (Å²) in [5.41, 5.74) is 0. The first-order valence-corrected chi connectivity index (χ1v) is 5.61. The highest BCUT2D eigenvalue weighted by atomic mass is 16.4. The lowest BCUT2D eigenvalue weighted by molar-refractivity contribution is -0.141. The lowest BCUT2D eigenvalue weighted by Crippen LogP contribution is -2.31. The van der Waals surface area contributed by atoms with E-state index in [2.05, 4.69) is 11.9 Å². The highest BCUT2D eigenvalue weighted by molar-refractivity contribution is 5.70. The molecule has 0 radical (unpaired) electrons. The zero-order valence-electron chi connectivity index (χ0n) is 8.78. The number of hydrogen-bond acceptors (Lipinski definition) is 2. The van der Waals surface area contributed by atoms with Crippen molar-refractivity contribution in [2.45, 2.75) is 38.1 Å². The normalized spacial score (nSPS) is 35.2. The summed E-state index contributed by atoms with van der Waals surface area (Å²) in [6.07, 6.45) is 6.17. The van der Waals surface area contributed by atoms with Crippen LogP contribution in [-0.2, 0) is 4.79 Å². The molecule has 1 saturated heterocycles. The van der Waals surface area contributed by atoms with Gasteiger partial charge in [-0.15, -0.1) is 0 Å². The molecule has 2 atom stereocenters. The van der Waals surface area contributed by atoms with Crippen molar-refractivity contribution >= 4 is 5.97 Å². The first-order valence-electron chi connectivity index (χ1n) is 5.61. The van der Waals surface area contributed by atoms with Crippen LogP contribution in [-0.4, -0.2) is 35.6 Å². The Balaban J connectivity index is 1.96. The van der Waals surface area contributed by atoms with Gasteiger partial charge in [0.2, 0.25) is 0 Å². The molecule has 14 heavy (non-hydrogen) atoms. The van der Waals surface area contributed by atoms with Gasteiger partial charge in [0, 0.05) is 12.6 Å². The summed E-state index contributed by atoms with van der Waals surface area (Å²) >= 11 is 0. The van der Waals surface area contributed by atoms with E-state index in [1.54, 1.807) is 0 Å². The van der Waals surface area contributed by atoms with Crippen LogP contribution >= 0.6 is 0 Å². The molecule has 1 aliphatic heterocycles. The van der Waals surface area contributed by atoms with Crippen molar-refractivity contribution in [1.82, 2.24) is 4.90 Å². The predicted molar refractivity (Wildman–Crippen MR) is 54.1 cm³/mol. The zero-order valence-corrected chi connectivity index (χ0v) is 8.78. The maximum Gasteiger partial charge on any atom is 0.307 e. The molecular weight excluding hydrogens is 178 g/mol. The third-order valence-corrected chi connectivity index (χ3v) is 3.89. The molecule has 2 aliphatic rings. The number of hydrogen-bond donors (Lipinski definition) is 1. The van der Waals surface area contributed by atoms with Gasteiger partial charge in [0.25, 0.3) is 0 Å². The van der Waals surface area contributed by atoms with Crippen LogP contribution in [0.1, 0.15) is 32.1 Å². The fraction of sp³-hybridized carbons (Fsp3) is 0.909. The van der Waals surface area contributed by atoms with Gasteiger partial charge in [-0.2, -0.15) is 0 Å². The van der Waals surface area contributed by atoms with Gasteiger partial charge in [0.1, 0.15) is 0 Å². The third-order valence-electron chi connectivity index (χ3n) is 3.89. The molecule has 0 aromatic heterocycles. The Bertz CT molecular complexity index is 223. The second-order valence-electron chi connectivity index (χ2n) is 4.82. The molecule has 1 saturated carbocycles. The fourth-order valence-corrected chi connectivity index (χ4v) is 3.10. The highest BCUT2D eigenvalue weighted by Crippen LogP contribution is 2.36. The molecule has 3 nitrogen and oxygen atoms in total. The molecule has 2 rings (SSSR count). The average Bonchev–Trinajstić information content (AvgIpc) is 2.71. The Kier molecular flexibility index (Phi) is 2.77. The largest absolute Gasteiger partial charge is 0.481 e. The van der Waals surface area contributed by atoms with Crippen molar-refractivity contribution in [3.8, 4) is 0 Å². The first-order chi connectivity index (χ1) is 6.68. The number of carboxylic acids is 1. The number of aliphatic carboxylic acids is 1. The van der Waals surface area contributed by atoms with Crippen LogP contribution in [0.15, 0.2) is 0 Å². The number of rotatable bonds is 2. The minimum Gasteiger partial charge on any atom is -0.481 e. The molecule has 0 spiro atoms. The molecule has 1 aliphatic carbocycles. The van der Waals surface area contributed by atoms with E-state index in [0.717, 1.165) is 18.9 Å². The van der Waals surface area contributed by atoms with Crippen molar-refractivity contribution in [2.24, 2.45) is 11.8 Å². The topological polar surface area (TPSA) is 40.5 Å². The molecule has 2 unspecified atom stereocenters. The van der Waals surface area contributed by atoms with Gasteiger partial charge in [-0.05, 0) is 32.2 Å². The summed E-state index contributed by atoms with van der Waals surface area (Å²) in [5.74, 6) is 0.0345. The highest BCUT2D eigenvalue weighted by Gasteiger charge is 2.38. The minimum absolute atomic E-state index is 0.120. The van der Waals surface area contributed by atoms with Gasteiger partial charge in [-0.3, -0.25) is 4.79 Å². The summed E-state index contributed by atoms with van der Waals surface area (Å²) in [5, 5.41) is 8.96. The van der Waals surface area contributed by atoms with E-state index in [0.29, 0.717) is 6.04 Å². The van der Waals surface area contributed by atoms with E-state index in [4.69, 9.17) is 5.11 Å². The van der Waals surface area contributed by atoms with Crippen molar-refractivity contribution in [2.75, 3.05) is 13.6 Å². The summed E-state index contributed by atoms with van der Waals surface area (Å²) in [7, 11) is 2.08. The second-order valence-corrected chi connectivity index (χ2v) is 4.82. The number of likely N-dealkylation sites (tertiary alicyclic amines) is 1. The minimum atomic E-state index is -0.614. The number of carbonyl (C=O) groups is 1. The molecule has 1 heterocycles. The van der Waals surface area contributed by atoms with E-state index in [1.807, 2.05) is 0 Å². The molecule has 0 bridgehead atoms. The predicted octanol–water partition coefficient (Wildman–Crippen LogP) is 1.58. The van der Waals surface area contributed by atoms with E-state index in [9.17, 15) is 4.79 Å². The van der Waals surface area contributed by atoms with E-state index in [1.165, 1.54) is 25.7 Å². The maximum absolute atomic E-state index is 10.9. The first kappa shape index (κ1) is 9.97. The Morgan fingerprint density at radius 1 is 1.36 bits per heavy atom. The van der Waals surface area contributed by atoms with Crippen molar-refractivity contribution < 1.29 is 9.90 Å². The summed E-state index contributed by atoms with van der Waals surface area (Å²) < 4.78 is 0. The van der Waals surface area contributed by atoms with Crippen LogP contribution < -0.4 is 0 Å². The van der Waals surface area contributed by atoms with Crippen molar-refractivity contribution in [1.29, 1.82) is 0 Å². The Morgan fingerprint density at radius 2 is 2.00 bits per heavy atom. The number of carboxylic acid groups (broad SMARTS) is 1. The quantitative estimate of drug-likeness (QED) is 0.730. The van der Waals surface area contributed by atoms with Crippen molar-refractivity contribution in [3.05, 3.63) is 0 Å². The van der Waals surface area contributed by atoms with Gasteiger partial charge in [-0.1, -0.05) is 12.8 Å². The van der Waals surface area contributed by atoms with Crippen LogP contribution in [0.3, 0.4) is 0 Å². The van der Waals surface area contributed by atoms with Crippen molar-refractivity contribution in [3.63, 3.8) is 0 Å². The van der Waals surface area contributed by atoms with Crippen LogP contribution in [0.25, 0.3) is 0 Å². The summed E-state index contributed by atoms with van der Waals surface area (Å²) in [6.45, 7) is 0.747. The molecule has 2 fully saturated rings. The molecule has 3 heteroatoms. The number of nitrogens with zero attached hydrogens (tertiary/aromatic N) is 1. The molecule has 80 valence electrons. The van der Waals surface area contributed by atoms with E-state index in [-0.39, 0.29) is 5.92 Å². The summed E-state index contributed by atoms with van der Waals surface area (Å²) in [4.78, 5) is 13.1. The molecule has 0 aromatic carbocycles. The van der Waals surface area contributed by atoms with Crippen LogP contribution in [0.5, 0.6) is 0 Å². The van der Waals surface area contributed by atoms with Crippen LogP contribution in [0.2, 0.25) is 0 Å². The Hall–Kier alpha value is -0.570. The fourth-order valence-electron chi connectivity index (χ4n) is 3.10. The van der Waals surface area contributed by atoms with Crippen LogP contribution in [0, 0.1) is 11.8 Å². The summed E-state index contributed by atoms with van der Waals surface area (Å²) in [6, 6.07) is 0.540.